The van der Waals surface area contributed by atoms with Gasteiger partial charge in [0.2, 0.25) is 5.91 Å². The third kappa shape index (κ3) is 3.23. The van der Waals surface area contributed by atoms with E-state index in [9.17, 15) is 18.0 Å². The maximum atomic E-state index is 12.7. The van der Waals surface area contributed by atoms with Crippen LogP contribution in [0, 0.1) is 6.92 Å². The number of hydrogen-bond acceptors (Lipinski definition) is 4. The van der Waals surface area contributed by atoms with E-state index < -0.39 is 21.9 Å². The van der Waals surface area contributed by atoms with Gasteiger partial charge in [-0.25, -0.2) is 13.2 Å². The van der Waals surface area contributed by atoms with E-state index >= 15 is 0 Å². The van der Waals surface area contributed by atoms with Crippen LogP contribution in [0.1, 0.15) is 26.3 Å². The molecule has 2 rings (SSSR count). The number of anilines is 1. The van der Waals surface area contributed by atoms with Gasteiger partial charge in [-0.05, 0) is 55.0 Å². The highest BCUT2D eigenvalue weighted by atomic mass is 32.2. The molecule has 0 aliphatic heterocycles. The highest BCUT2D eigenvalue weighted by Crippen LogP contribution is 2.24. The van der Waals surface area contributed by atoms with Gasteiger partial charge in [-0.2, -0.15) is 0 Å². The van der Waals surface area contributed by atoms with Crippen molar-refractivity contribution in [3.8, 4) is 0 Å². The Morgan fingerprint density at radius 1 is 1.08 bits per heavy atom. The topological polar surface area (TPSA) is 118 Å². The Morgan fingerprint density at radius 2 is 1.67 bits per heavy atom. The Balaban J connectivity index is 2.40. The summed E-state index contributed by atoms with van der Waals surface area (Å²) in [5.41, 5.74) is 6.16. The number of nitrogens with zero attached hydrogens (tertiary/aromatic N) is 1. The average molecular weight is 348 g/mol. The lowest BCUT2D eigenvalue weighted by Crippen LogP contribution is -2.26. The molecule has 0 heterocycles. The molecule has 2 aromatic carbocycles. The maximum Gasteiger partial charge on any atom is 0.335 e. The molecular weight excluding hydrogens is 332 g/mol. The number of amides is 1. The van der Waals surface area contributed by atoms with Gasteiger partial charge in [0.05, 0.1) is 16.1 Å². The van der Waals surface area contributed by atoms with Gasteiger partial charge < -0.3 is 10.8 Å². The highest BCUT2D eigenvalue weighted by Gasteiger charge is 2.22. The summed E-state index contributed by atoms with van der Waals surface area (Å²) in [5.74, 6) is -1.72. The maximum absolute atomic E-state index is 12.7. The van der Waals surface area contributed by atoms with Gasteiger partial charge in [0.15, 0.2) is 0 Å². The van der Waals surface area contributed by atoms with Crippen LogP contribution in [0.5, 0.6) is 0 Å². The molecule has 8 heteroatoms. The van der Waals surface area contributed by atoms with E-state index in [0.717, 1.165) is 4.31 Å². The summed E-state index contributed by atoms with van der Waals surface area (Å²) < 4.78 is 26.4. The van der Waals surface area contributed by atoms with Crippen LogP contribution in [-0.2, 0) is 10.0 Å². The van der Waals surface area contributed by atoms with Gasteiger partial charge in [-0.1, -0.05) is 0 Å². The second-order valence-corrected chi connectivity index (χ2v) is 7.13. The summed E-state index contributed by atoms with van der Waals surface area (Å²) >= 11 is 0. The first-order valence-corrected chi connectivity index (χ1v) is 8.31. The molecule has 0 aliphatic carbocycles. The predicted octanol–water partition coefficient (Wildman–Crippen LogP) is 1.62. The summed E-state index contributed by atoms with van der Waals surface area (Å²) in [6, 6.07) is 9.62. The van der Waals surface area contributed by atoms with Crippen molar-refractivity contribution < 1.29 is 23.1 Å². The third-order valence-electron chi connectivity index (χ3n) is 3.60. The molecule has 24 heavy (non-hydrogen) atoms. The number of primary amides is 1. The van der Waals surface area contributed by atoms with Gasteiger partial charge in [0.25, 0.3) is 10.0 Å². The first kappa shape index (κ1) is 17.5. The Labute approximate surface area is 139 Å². The molecule has 0 unspecified atom stereocenters. The number of aromatic carboxylic acids is 1. The largest absolute Gasteiger partial charge is 0.478 e. The van der Waals surface area contributed by atoms with Crippen LogP contribution >= 0.6 is 0 Å². The summed E-state index contributed by atoms with van der Waals surface area (Å²) in [5, 5.41) is 9.02. The first-order valence-electron chi connectivity index (χ1n) is 6.87. The molecule has 126 valence electrons. The lowest BCUT2D eigenvalue weighted by atomic mass is 10.1. The normalized spacial score (nSPS) is 11.1. The van der Waals surface area contributed by atoms with Gasteiger partial charge in [-0.15, -0.1) is 0 Å². The number of hydrogen-bond donors (Lipinski definition) is 2. The summed E-state index contributed by atoms with van der Waals surface area (Å²) in [6.07, 6.45) is 0. The van der Waals surface area contributed by atoms with Crippen molar-refractivity contribution in [2.75, 3.05) is 11.4 Å². The van der Waals surface area contributed by atoms with E-state index in [4.69, 9.17) is 10.8 Å². The molecule has 0 spiro atoms. The molecule has 7 nitrogen and oxygen atoms in total. The molecule has 0 saturated carbocycles. The number of rotatable bonds is 5. The fourth-order valence-electron chi connectivity index (χ4n) is 2.17. The number of carbonyl (C=O) groups is 2. The number of benzene rings is 2. The predicted molar refractivity (Wildman–Crippen MR) is 88.7 cm³/mol. The second-order valence-electron chi connectivity index (χ2n) is 5.17. The molecule has 0 aliphatic rings. The lowest BCUT2D eigenvalue weighted by Gasteiger charge is -2.20. The minimum absolute atomic E-state index is 0.0218. The Bertz CT molecular complexity index is 905. The van der Waals surface area contributed by atoms with Gasteiger partial charge in [0, 0.05) is 12.6 Å². The molecule has 1 amide bonds. The SMILES string of the molecule is Cc1cc(S(=O)(=O)N(C)c2ccc(C(N)=O)cc2)ccc1C(=O)O. The van der Waals surface area contributed by atoms with E-state index in [1.54, 1.807) is 0 Å². The van der Waals surface area contributed by atoms with Crippen LogP contribution in [0.2, 0.25) is 0 Å². The number of aryl methyl sites for hydroxylation is 1. The van der Waals surface area contributed by atoms with Crippen LogP contribution in [0.25, 0.3) is 0 Å². The number of carboxylic acid groups (broad SMARTS) is 1. The zero-order valence-corrected chi connectivity index (χ0v) is 13.9. The minimum Gasteiger partial charge on any atom is -0.478 e. The molecule has 3 N–H and O–H groups in total. The van der Waals surface area contributed by atoms with Crippen LogP contribution in [0.15, 0.2) is 47.4 Å². The zero-order valence-electron chi connectivity index (χ0n) is 13.1. The van der Waals surface area contributed by atoms with Crippen molar-refractivity contribution in [2.24, 2.45) is 5.73 Å². The fraction of sp³-hybridized carbons (Fsp3) is 0.125. The van der Waals surface area contributed by atoms with Gasteiger partial charge >= 0.3 is 5.97 Å². The van der Waals surface area contributed by atoms with Crippen molar-refractivity contribution in [2.45, 2.75) is 11.8 Å². The van der Waals surface area contributed by atoms with Crippen molar-refractivity contribution in [1.82, 2.24) is 0 Å². The molecule has 0 fully saturated rings. The lowest BCUT2D eigenvalue weighted by molar-refractivity contribution is 0.0695. The van der Waals surface area contributed by atoms with E-state index in [2.05, 4.69) is 0 Å². The van der Waals surface area contributed by atoms with Crippen molar-refractivity contribution in [1.29, 1.82) is 0 Å². The van der Waals surface area contributed by atoms with Crippen LogP contribution in [0.4, 0.5) is 5.69 Å². The van der Waals surface area contributed by atoms with Crippen LogP contribution in [-0.4, -0.2) is 32.4 Å². The molecule has 0 aromatic heterocycles. The number of carboxylic acids is 1. The number of sulfonamides is 1. The Morgan fingerprint density at radius 3 is 2.12 bits per heavy atom. The first-order chi connectivity index (χ1) is 11.1. The number of carbonyl (C=O) groups excluding carboxylic acids is 1. The standard InChI is InChI=1S/C16H16N2O5S/c1-10-9-13(7-8-14(10)16(20)21)24(22,23)18(2)12-5-3-11(4-6-12)15(17)19/h3-9H,1-2H3,(H2,17,19)(H,20,21). The molecule has 0 bridgehead atoms. The summed E-state index contributed by atoms with van der Waals surface area (Å²) in [7, 11) is -2.50. The fourth-order valence-corrected chi connectivity index (χ4v) is 3.45. The smallest absolute Gasteiger partial charge is 0.335 e. The Hall–Kier alpha value is -2.87. The molecule has 2 aromatic rings. The van der Waals surface area contributed by atoms with Crippen LogP contribution in [0.3, 0.4) is 0 Å². The van der Waals surface area contributed by atoms with Crippen molar-refractivity contribution in [3.63, 3.8) is 0 Å². The van der Waals surface area contributed by atoms with Crippen LogP contribution < -0.4 is 10.0 Å². The molecular formula is C16H16N2O5S. The van der Waals surface area contributed by atoms with Gasteiger partial charge in [-0.3, -0.25) is 9.10 Å². The summed E-state index contributed by atoms with van der Waals surface area (Å²) in [6.45, 7) is 1.53. The zero-order chi connectivity index (χ0) is 18.1. The molecule has 0 atom stereocenters. The molecule has 0 saturated heterocycles. The molecule has 0 radical (unpaired) electrons. The summed E-state index contributed by atoms with van der Waals surface area (Å²) in [4.78, 5) is 22.1. The van der Waals surface area contributed by atoms with Crippen molar-refractivity contribution >= 4 is 27.6 Å². The third-order valence-corrected chi connectivity index (χ3v) is 5.38. The Kier molecular flexibility index (Phi) is 4.61. The van der Waals surface area contributed by atoms with E-state index in [-0.39, 0.29) is 16.0 Å². The monoisotopic (exact) mass is 348 g/mol. The van der Waals surface area contributed by atoms with E-state index in [0.29, 0.717) is 11.3 Å². The van der Waals surface area contributed by atoms with Gasteiger partial charge in [0.1, 0.15) is 0 Å². The average Bonchev–Trinajstić information content (AvgIpc) is 2.53. The van der Waals surface area contributed by atoms with Crippen molar-refractivity contribution in [3.05, 3.63) is 59.2 Å². The highest BCUT2D eigenvalue weighted by molar-refractivity contribution is 7.92. The second kappa shape index (κ2) is 6.32. The quantitative estimate of drug-likeness (QED) is 0.851. The minimum atomic E-state index is -3.87. The van der Waals surface area contributed by atoms with E-state index in [1.807, 2.05) is 0 Å². The number of nitrogens with two attached hydrogens (primary N) is 1. The van der Waals surface area contributed by atoms with E-state index in [1.165, 1.54) is 56.4 Å².